The average Bonchev–Trinajstić information content (AvgIpc) is 3.35. The first-order chi connectivity index (χ1) is 12.3. The smallest absolute Gasteiger partial charge is 0.292 e. The molecule has 1 N–H and O–H groups in total. The van der Waals surface area contributed by atoms with E-state index in [1.54, 1.807) is 16.5 Å². The van der Waals surface area contributed by atoms with Crippen LogP contribution in [0.25, 0.3) is 0 Å². The lowest BCUT2D eigenvalue weighted by Crippen LogP contribution is -2.42. The molecule has 1 aliphatic rings. The number of pyridine rings is 1. The number of ether oxygens (including phenoxy) is 1. The summed E-state index contributed by atoms with van der Waals surface area (Å²) in [5, 5.41) is 15.0. The molecule has 0 aromatic carbocycles. The minimum Gasteiger partial charge on any atom is -0.368 e. The van der Waals surface area contributed by atoms with Crippen LogP contribution in [0, 0.1) is 0 Å². The molecule has 0 unspecified atom stereocenters. The molecule has 1 atom stereocenters. The number of carbonyl (C=O) groups excluding carboxylic acids is 1. The summed E-state index contributed by atoms with van der Waals surface area (Å²) in [4.78, 5) is 18.6. The van der Waals surface area contributed by atoms with Gasteiger partial charge < -0.3 is 19.5 Å². The number of amides is 1. The van der Waals surface area contributed by atoms with Crippen molar-refractivity contribution in [3.05, 3.63) is 47.4 Å². The number of aromatic nitrogens is 4. The van der Waals surface area contributed by atoms with Crippen LogP contribution in [0.4, 0.5) is 10.9 Å². The van der Waals surface area contributed by atoms with E-state index in [0.717, 1.165) is 5.69 Å². The largest absolute Gasteiger partial charge is 0.368 e. The molecular formula is C15H14N6O3S. The Morgan fingerprint density at radius 3 is 3.12 bits per heavy atom. The molecule has 10 heteroatoms. The molecule has 1 amide bonds. The number of morpholine rings is 1. The van der Waals surface area contributed by atoms with Crippen LogP contribution in [0.15, 0.2) is 40.5 Å². The summed E-state index contributed by atoms with van der Waals surface area (Å²) in [5.41, 5.74) is 2.38. The molecule has 0 aliphatic carbocycles. The molecule has 4 rings (SSSR count). The third kappa shape index (κ3) is 3.49. The fraction of sp³-hybridized carbons (Fsp3) is 0.267. The van der Waals surface area contributed by atoms with Gasteiger partial charge in [-0.05, 0) is 12.1 Å². The zero-order valence-corrected chi connectivity index (χ0v) is 13.8. The van der Waals surface area contributed by atoms with Crippen molar-refractivity contribution < 1.29 is 14.1 Å². The third-order valence-corrected chi connectivity index (χ3v) is 4.30. The van der Waals surface area contributed by atoms with Crippen LogP contribution in [0.1, 0.15) is 22.4 Å². The molecule has 0 spiro atoms. The molecule has 1 saturated heterocycles. The van der Waals surface area contributed by atoms with E-state index in [2.05, 4.69) is 25.7 Å². The van der Waals surface area contributed by atoms with E-state index < -0.39 is 0 Å². The Kier molecular flexibility index (Phi) is 4.36. The minimum atomic E-state index is -0.309. The van der Waals surface area contributed by atoms with Crippen LogP contribution in [-0.2, 0) is 4.74 Å². The Labute approximate surface area is 146 Å². The van der Waals surface area contributed by atoms with E-state index in [0.29, 0.717) is 30.6 Å². The van der Waals surface area contributed by atoms with E-state index >= 15 is 0 Å². The van der Waals surface area contributed by atoms with E-state index in [-0.39, 0.29) is 17.8 Å². The summed E-state index contributed by atoms with van der Waals surface area (Å²) < 4.78 is 10.7. The van der Waals surface area contributed by atoms with Crippen LogP contribution < -0.4 is 5.32 Å². The van der Waals surface area contributed by atoms with Crippen molar-refractivity contribution in [3.8, 4) is 0 Å². The van der Waals surface area contributed by atoms with Gasteiger partial charge in [-0.3, -0.25) is 4.79 Å². The molecule has 3 aromatic rings. The Morgan fingerprint density at radius 1 is 1.36 bits per heavy atom. The quantitative estimate of drug-likeness (QED) is 0.753. The highest BCUT2D eigenvalue weighted by Gasteiger charge is 2.28. The lowest BCUT2D eigenvalue weighted by Gasteiger charge is -2.32. The SMILES string of the molecule is O=C(c1ccno1)N1CCO[C@H](c2cccc(Nc3nncs3)n2)C1. The fourth-order valence-corrected chi connectivity index (χ4v) is 2.98. The number of hydrogen-bond donors (Lipinski definition) is 1. The predicted molar refractivity (Wildman–Crippen MR) is 88.5 cm³/mol. The Bertz CT molecular complexity index is 839. The summed E-state index contributed by atoms with van der Waals surface area (Å²) in [5.74, 6) is 0.672. The van der Waals surface area contributed by atoms with Crippen molar-refractivity contribution in [2.24, 2.45) is 0 Å². The van der Waals surface area contributed by atoms with Gasteiger partial charge in [-0.2, -0.15) is 0 Å². The van der Waals surface area contributed by atoms with Crippen molar-refractivity contribution in [2.45, 2.75) is 6.10 Å². The molecule has 0 bridgehead atoms. The summed E-state index contributed by atoms with van der Waals surface area (Å²) >= 11 is 1.39. The van der Waals surface area contributed by atoms with E-state index in [1.165, 1.54) is 17.5 Å². The highest BCUT2D eigenvalue weighted by Crippen LogP contribution is 2.24. The first kappa shape index (κ1) is 15.7. The Balaban J connectivity index is 1.48. The van der Waals surface area contributed by atoms with Gasteiger partial charge in [0.15, 0.2) is 0 Å². The lowest BCUT2D eigenvalue weighted by molar-refractivity contribution is -0.0258. The number of nitrogens with one attached hydrogen (secondary N) is 1. The van der Waals surface area contributed by atoms with Gasteiger partial charge in [0.1, 0.15) is 17.4 Å². The molecule has 9 nitrogen and oxygen atoms in total. The van der Waals surface area contributed by atoms with Gasteiger partial charge in [0.25, 0.3) is 5.91 Å². The minimum absolute atomic E-state index is 0.200. The summed E-state index contributed by atoms with van der Waals surface area (Å²) in [6.07, 6.45) is 1.15. The maximum absolute atomic E-state index is 12.4. The highest BCUT2D eigenvalue weighted by atomic mass is 32.1. The van der Waals surface area contributed by atoms with E-state index in [4.69, 9.17) is 9.26 Å². The zero-order chi connectivity index (χ0) is 17.1. The number of hydrogen-bond acceptors (Lipinski definition) is 9. The van der Waals surface area contributed by atoms with Crippen LogP contribution in [0.5, 0.6) is 0 Å². The maximum atomic E-state index is 12.4. The standard InChI is InChI=1S/C15H14N6O3S/c22-14(11-4-5-17-24-11)21-6-7-23-12(8-21)10-2-1-3-13(18-10)19-15-20-16-9-25-15/h1-5,9,12H,6-8H2,(H,18,19,20)/t12-/m0/s1. The molecule has 0 radical (unpaired) electrons. The second-order valence-electron chi connectivity index (χ2n) is 5.30. The first-order valence-electron chi connectivity index (χ1n) is 7.61. The van der Waals surface area contributed by atoms with Gasteiger partial charge in [-0.15, -0.1) is 10.2 Å². The van der Waals surface area contributed by atoms with Crippen molar-refractivity contribution in [1.82, 2.24) is 25.2 Å². The summed E-state index contributed by atoms with van der Waals surface area (Å²) in [6, 6.07) is 7.15. The van der Waals surface area contributed by atoms with E-state index in [9.17, 15) is 4.79 Å². The van der Waals surface area contributed by atoms with Gasteiger partial charge in [0.05, 0.1) is 25.0 Å². The van der Waals surface area contributed by atoms with Gasteiger partial charge >= 0.3 is 0 Å². The van der Waals surface area contributed by atoms with Gasteiger partial charge in [-0.1, -0.05) is 22.6 Å². The molecule has 0 saturated carbocycles. The normalized spacial score (nSPS) is 17.4. The number of nitrogens with zero attached hydrogens (tertiary/aromatic N) is 5. The zero-order valence-electron chi connectivity index (χ0n) is 13.0. The van der Waals surface area contributed by atoms with Crippen LogP contribution in [0.3, 0.4) is 0 Å². The van der Waals surface area contributed by atoms with Crippen LogP contribution >= 0.6 is 11.3 Å². The van der Waals surface area contributed by atoms with Crippen LogP contribution in [0.2, 0.25) is 0 Å². The molecule has 3 aromatic heterocycles. The predicted octanol–water partition coefficient (Wildman–Crippen LogP) is 1.88. The van der Waals surface area contributed by atoms with Crippen molar-refractivity contribution in [3.63, 3.8) is 0 Å². The first-order valence-corrected chi connectivity index (χ1v) is 8.49. The van der Waals surface area contributed by atoms with Gasteiger partial charge in [0.2, 0.25) is 10.9 Å². The molecule has 4 heterocycles. The third-order valence-electron chi connectivity index (χ3n) is 3.70. The van der Waals surface area contributed by atoms with Crippen molar-refractivity contribution in [1.29, 1.82) is 0 Å². The maximum Gasteiger partial charge on any atom is 0.292 e. The summed E-state index contributed by atoms with van der Waals surface area (Å²) in [7, 11) is 0. The molecule has 1 fully saturated rings. The second kappa shape index (κ2) is 6.95. The second-order valence-corrected chi connectivity index (χ2v) is 6.14. The Hall–Kier alpha value is -2.85. The van der Waals surface area contributed by atoms with Gasteiger partial charge in [-0.25, -0.2) is 4.98 Å². The van der Waals surface area contributed by atoms with Crippen LogP contribution in [-0.4, -0.2) is 50.8 Å². The average molecular weight is 358 g/mol. The summed E-state index contributed by atoms with van der Waals surface area (Å²) in [6.45, 7) is 1.33. The van der Waals surface area contributed by atoms with Crippen molar-refractivity contribution >= 4 is 28.2 Å². The number of anilines is 2. The molecular weight excluding hydrogens is 344 g/mol. The Morgan fingerprint density at radius 2 is 2.32 bits per heavy atom. The number of rotatable bonds is 4. The topological polar surface area (TPSA) is 106 Å². The van der Waals surface area contributed by atoms with Gasteiger partial charge in [0, 0.05) is 12.6 Å². The molecule has 25 heavy (non-hydrogen) atoms. The molecule has 128 valence electrons. The van der Waals surface area contributed by atoms with Crippen molar-refractivity contribution in [2.75, 3.05) is 25.0 Å². The lowest BCUT2D eigenvalue weighted by atomic mass is 10.1. The molecule has 1 aliphatic heterocycles. The highest BCUT2D eigenvalue weighted by molar-refractivity contribution is 7.13. The number of carbonyl (C=O) groups is 1. The van der Waals surface area contributed by atoms with E-state index in [1.807, 2.05) is 18.2 Å². The fourth-order valence-electron chi connectivity index (χ4n) is 2.53. The monoisotopic (exact) mass is 358 g/mol.